The molecule has 1 heteroatoms. The number of nitrogens with one attached hydrogen (secondary N) is 1. The molecule has 0 bridgehead atoms. The lowest BCUT2D eigenvalue weighted by atomic mass is 10.0. The van der Waals surface area contributed by atoms with E-state index in [1.807, 2.05) is 0 Å². The number of hydrogen-bond donors (Lipinski definition) is 1. The zero-order valence-corrected chi connectivity index (χ0v) is 10.7. The van der Waals surface area contributed by atoms with Crippen LogP contribution in [0.15, 0.2) is 53.1 Å². The zero-order chi connectivity index (χ0) is 12.5. The lowest BCUT2D eigenvalue weighted by Gasteiger charge is -2.05. The maximum absolute atomic E-state index is 8.24. The van der Waals surface area contributed by atoms with Crippen molar-refractivity contribution in [3.05, 3.63) is 64.3 Å². The van der Waals surface area contributed by atoms with Gasteiger partial charge in [-0.1, -0.05) is 42.0 Å². The second-order valence-electron chi connectivity index (χ2n) is 5.06. The van der Waals surface area contributed by atoms with Gasteiger partial charge in [0.05, 0.1) is 5.71 Å². The summed E-state index contributed by atoms with van der Waals surface area (Å²) >= 11 is 0. The Morgan fingerprint density at radius 3 is 2.50 bits per heavy atom. The number of allylic oxidation sites excluding steroid dienone is 5. The van der Waals surface area contributed by atoms with Gasteiger partial charge in [0.2, 0.25) is 0 Å². The van der Waals surface area contributed by atoms with E-state index in [1.54, 1.807) is 0 Å². The molecule has 2 aliphatic rings. The van der Waals surface area contributed by atoms with Crippen molar-refractivity contribution in [1.29, 1.82) is 5.41 Å². The first kappa shape index (κ1) is 11.2. The molecule has 3 rings (SSSR count). The Kier molecular flexibility index (Phi) is 2.75. The van der Waals surface area contributed by atoms with Crippen LogP contribution in [0.25, 0.3) is 6.08 Å². The lowest BCUT2D eigenvalue weighted by molar-refractivity contribution is 1.000. The van der Waals surface area contributed by atoms with Crippen LogP contribution in [0.2, 0.25) is 0 Å². The van der Waals surface area contributed by atoms with Crippen molar-refractivity contribution in [3.8, 4) is 0 Å². The zero-order valence-electron chi connectivity index (χ0n) is 10.7. The molecule has 1 aromatic rings. The maximum Gasteiger partial charge on any atom is 0.0647 e. The summed E-state index contributed by atoms with van der Waals surface area (Å²) in [6, 6.07) is 8.49. The van der Waals surface area contributed by atoms with Gasteiger partial charge in [0.25, 0.3) is 0 Å². The molecule has 2 aliphatic carbocycles. The maximum atomic E-state index is 8.24. The van der Waals surface area contributed by atoms with Crippen molar-refractivity contribution in [2.24, 2.45) is 0 Å². The van der Waals surface area contributed by atoms with Crippen molar-refractivity contribution < 1.29 is 0 Å². The van der Waals surface area contributed by atoms with Gasteiger partial charge in [0, 0.05) is 0 Å². The largest absolute Gasteiger partial charge is 0.300 e. The molecule has 0 spiro atoms. The predicted molar refractivity (Wildman–Crippen MR) is 76.9 cm³/mol. The van der Waals surface area contributed by atoms with Gasteiger partial charge in [-0.15, -0.1) is 0 Å². The minimum absolute atomic E-state index is 0.724. The molecule has 0 unspecified atom stereocenters. The van der Waals surface area contributed by atoms with E-state index < -0.39 is 0 Å². The number of benzene rings is 1. The summed E-state index contributed by atoms with van der Waals surface area (Å²) in [5.74, 6) is 0. The van der Waals surface area contributed by atoms with Gasteiger partial charge >= 0.3 is 0 Å². The third-order valence-corrected chi connectivity index (χ3v) is 3.64. The highest BCUT2D eigenvalue weighted by Gasteiger charge is 2.25. The van der Waals surface area contributed by atoms with Gasteiger partial charge in [-0.2, -0.15) is 0 Å². The van der Waals surface area contributed by atoms with Gasteiger partial charge in [-0.3, -0.25) is 5.41 Å². The predicted octanol–water partition coefficient (Wildman–Crippen LogP) is 4.45. The van der Waals surface area contributed by atoms with Gasteiger partial charge in [0.1, 0.15) is 0 Å². The normalized spacial score (nSPS) is 20.7. The molecule has 0 aliphatic heterocycles. The first-order chi connectivity index (χ1) is 8.74. The standard InChI is InChI=1S/C17H17N/c1-12-6-8-13(9-7-12)10-15-11-14-4-2-3-5-16(14)17(15)18/h4-10,18H,2-3,11H2,1H3/b15-10+,18-17?. The third kappa shape index (κ3) is 1.97. The average Bonchev–Trinajstić information content (AvgIpc) is 2.70. The van der Waals surface area contributed by atoms with Crippen molar-refractivity contribution >= 4 is 11.8 Å². The number of aryl methyl sites for hydroxylation is 1. The summed E-state index contributed by atoms with van der Waals surface area (Å²) in [5.41, 5.74) is 6.86. The Balaban J connectivity index is 1.94. The summed E-state index contributed by atoms with van der Waals surface area (Å²) < 4.78 is 0. The highest BCUT2D eigenvalue weighted by atomic mass is 14.5. The van der Waals surface area contributed by atoms with E-state index >= 15 is 0 Å². The minimum atomic E-state index is 0.724. The fourth-order valence-corrected chi connectivity index (χ4v) is 2.61. The summed E-state index contributed by atoms with van der Waals surface area (Å²) in [5, 5.41) is 8.24. The fraction of sp³-hybridized carbons (Fsp3) is 0.235. The molecule has 1 aromatic carbocycles. The second-order valence-corrected chi connectivity index (χ2v) is 5.06. The van der Waals surface area contributed by atoms with Crippen LogP contribution < -0.4 is 0 Å². The number of fused-ring (bicyclic) bond motifs is 1. The van der Waals surface area contributed by atoms with Gasteiger partial charge in [-0.25, -0.2) is 0 Å². The smallest absolute Gasteiger partial charge is 0.0647 e. The first-order valence-corrected chi connectivity index (χ1v) is 6.50. The molecule has 0 aromatic heterocycles. The Morgan fingerprint density at radius 2 is 1.78 bits per heavy atom. The quantitative estimate of drug-likeness (QED) is 0.743. The molecule has 0 radical (unpaired) electrons. The topological polar surface area (TPSA) is 23.9 Å². The van der Waals surface area contributed by atoms with E-state index in [9.17, 15) is 0 Å². The first-order valence-electron chi connectivity index (χ1n) is 6.50. The van der Waals surface area contributed by atoms with E-state index in [-0.39, 0.29) is 0 Å². The van der Waals surface area contributed by atoms with Crippen molar-refractivity contribution in [2.45, 2.75) is 26.2 Å². The van der Waals surface area contributed by atoms with E-state index in [0.717, 1.165) is 30.5 Å². The Labute approximate surface area is 108 Å². The van der Waals surface area contributed by atoms with Crippen LogP contribution in [0.4, 0.5) is 0 Å². The lowest BCUT2D eigenvalue weighted by Crippen LogP contribution is -1.96. The summed E-state index contributed by atoms with van der Waals surface area (Å²) in [6.07, 6.45) is 9.80. The van der Waals surface area contributed by atoms with E-state index in [4.69, 9.17) is 5.41 Å². The number of rotatable bonds is 1. The van der Waals surface area contributed by atoms with E-state index in [2.05, 4.69) is 49.4 Å². The number of hydrogen-bond acceptors (Lipinski definition) is 1. The van der Waals surface area contributed by atoms with Crippen LogP contribution in [0.1, 0.15) is 30.4 Å². The fourth-order valence-electron chi connectivity index (χ4n) is 2.61. The SMILES string of the molecule is Cc1ccc(/C=C2\CC3=CCCC=C3C2=N)cc1. The minimum Gasteiger partial charge on any atom is -0.300 e. The molecule has 0 saturated heterocycles. The third-order valence-electron chi connectivity index (χ3n) is 3.64. The molecule has 0 atom stereocenters. The molecule has 1 saturated carbocycles. The molecule has 90 valence electrons. The van der Waals surface area contributed by atoms with E-state index in [1.165, 1.54) is 22.3 Å². The van der Waals surface area contributed by atoms with Crippen molar-refractivity contribution in [2.75, 3.05) is 0 Å². The van der Waals surface area contributed by atoms with Crippen molar-refractivity contribution in [1.82, 2.24) is 0 Å². The Bertz CT molecular complexity index is 583. The summed E-state index contributed by atoms with van der Waals surface area (Å²) in [6.45, 7) is 2.10. The van der Waals surface area contributed by atoms with Crippen LogP contribution >= 0.6 is 0 Å². The molecule has 1 nitrogen and oxygen atoms in total. The monoisotopic (exact) mass is 235 g/mol. The molecule has 1 fully saturated rings. The second kappa shape index (κ2) is 4.41. The molecule has 1 N–H and O–H groups in total. The van der Waals surface area contributed by atoms with Gasteiger partial charge in [-0.05, 0) is 54.5 Å². The van der Waals surface area contributed by atoms with Crippen LogP contribution in [0.5, 0.6) is 0 Å². The summed E-state index contributed by atoms with van der Waals surface area (Å²) in [4.78, 5) is 0. The summed E-state index contributed by atoms with van der Waals surface area (Å²) in [7, 11) is 0. The van der Waals surface area contributed by atoms with Gasteiger partial charge in [0.15, 0.2) is 0 Å². The highest BCUT2D eigenvalue weighted by molar-refractivity contribution is 6.19. The molecule has 0 heterocycles. The highest BCUT2D eigenvalue weighted by Crippen LogP contribution is 2.36. The Hall–Kier alpha value is -1.89. The van der Waals surface area contributed by atoms with Gasteiger partial charge < -0.3 is 0 Å². The molecular weight excluding hydrogens is 218 g/mol. The van der Waals surface area contributed by atoms with Crippen LogP contribution in [-0.4, -0.2) is 5.71 Å². The molecule has 18 heavy (non-hydrogen) atoms. The van der Waals surface area contributed by atoms with E-state index in [0.29, 0.717) is 0 Å². The molecule has 0 amide bonds. The average molecular weight is 235 g/mol. The van der Waals surface area contributed by atoms with Crippen molar-refractivity contribution in [3.63, 3.8) is 0 Å². The van der Waals surface area contributed by atoms with Crippen LogP contribution in [0.3, 0.4) is 0 Å². The van der Waals surface area contributed by atoms with Crippen LogP contribution in [-0.2, 0) is 0 Å². The van der Waals surface area contributed by atoms with Crippen LogP contribution in [0, 0.1) is 12.3 Å². The molecular formula is C17H17N. The Morgan fingerprint density at radius 1 is 1.06 bits per heavy atom.